The minimum Gasteiger partial charge on any atom is -0.494 e. The van der Waals surface area contributed by atoms with Crippen molar-refractivity contribution in [3.63, 3.8) is 0 Å². The van der Waals surface area contributed by atoms with Crippen molar-refractivity contribution in [1.82, 2.24) is 0 Å². The third-order valence-corrected chi connectivity index (χ3v) is 7.65. The summed E-state index contributed by atoms with van der Waals surface area (Å²) in [6.45, 7) is 4.11. The fraction of sp³-hybridized carbons (Fsp3) is 0.368. The number of rotatable bonds is 6. The van der Waals surface area contributed by atoms with Crippen LogP contribution in [0.5, 0.6) is 5.75 Å². The fourth-order valence-corrected chi connectivity index (χ4v) is 6.48. The molecule has 1 unspecified atom stereocenters. The van der Waals surface area contributed by atoms with Crippen molar-refractivity contribution in [3.05, 3.63) is 60.2 Å². The van der Waals surface area contributed by atoms with E-state index < -0.39 is 6.49 Å². The van der Waals surface area contributed by atoms with Gasteiger partial charge in [0.05, 0.1) is 18.8 Å². The lowest BCUT2D eigenvalue weighted by molar-refractivity contribution is 0.187. The van der Waals surface area contributed by atoms with Crippen LogP contribution in [0.15, 0.2) is 54.6 Å². The number of benzene rings is 2. The summed E-state index contributed by atoms with van der Waals surface area (Å²) in [6.07, 6.45) is -0.0118. The first-order chi connectivity index (χ1) is 12.0. The van der Waals surface area contributed by atoms with Crippen LogP contribution in [0.2, 0.25) is 0 Å². The van der Waals surface area contributed by atoms with Gasteiger partial charge in [-0.25, -0.2) is 0 Å². The molecule has 0 saturated carbocycles. The Morgan fingerprint density at radius 2 is 1.64 bits per heavy atom. The fourth-order valence-electron chi connectivity index (χ4n) is 2.73. The molecule has 2 aromatic rings. The average Bonchev–Trinajstić information content (AvgIpc) is 2.88. The zero-order valence-electron chi connectivity index (χ0n) is 14.7. The number of hydrogen-bond acceptors (Lipinski definition) is 5. The molecule has 1 N–H and O–H groups in total. The monoisotopic (exact) mass is 377 g/mol. The van der Waals surface area contributed by atoms with E-state index in [1.165, 1.54) is 0 Å². The number of hydrogen-bond donors (Lipinski definition) is 1. The number of anilines is 1. The van der Waals surface area contributed by atoms with Crippen LogP contribution in [0.1, 0.15) is 32.1 Å². The Labute approximate surface area is 154 Å². The van der Waals surface area contributed by atoms with Crippen molar-refractivity contribution in [2.24, 2.45) is 0 Å². The predicted molar refractivity (Wildman–Crippen MR) is 106 cm³/mol. The van der Waals surface area contributed by atoms with Gasteiger partial charge in [-0.2, -0.15) is 0 Å². The molecule has 6 heteroatoms. The van der Waals surface area contributed by atoms with Crippen molar-refractivity contribution in [2.45, 2.75) is 38.8 Å². The third-order valence-electron chi connectivity index (χ3n) is 4.19. The standard InChI is InChI=1S/C19H24NO3PS/c1-4-21-18-12-10-16(11-13-18)19(20-17-8-6-5-7-9-17)24(25)22-14(2)15(3)23-24/h5-15,19-20H,4H2,1-3H3/t14-,15+,19-,24?/m1/s1. The molecule has 25 heavy (non-hydrogen) atoms. The van der Waals surface area contributed by atoms with Crippen LogP contribution in [0.3, 0.4) is 0 Å². The molecule has 0 amide bonds. The van der Waals surface area contributed by atoms with Gasteiger partial charge >= 0.3 is 0 Å². The van der Waals surface area contributed by atoms with Crippen molar-refractivity contribution >= 4 is 24.0 Å². The SMILES string of the molecule is CCOc1ccc([C@H](Nc2ccccc2)P2(=S)O[C@@H](C)[C@@H](C)O2)cc1. The van der Waals surface area contributed by atoms with E-state index in [0.717, 1.165) is 17.0 Å². The third kappa shape index (κ3) is 4.24. The highest BCUT2D eigenvalue weighted by atomic mass is 32.5. The Kier molecular flexibility index (Phi) is 5.80. The Morgan fingerprint density at radius 1 is 1.04 bits per heavy atom. The van der Waals surface area contributed by atoms with Gasteiger partial charge in [0.2, 0.25) is 6.49 Å². The zero-order chi connectivity index (χ0) is 17.9. The quantitative estimate of drug-likeness (QED) is 0.689. The number of para-hydroxylation sites is 1. The van der Waals surface area contributed by atoms with Gasteiger partial charge in [0.25, 0.3) is 0 Å². The van der Waals surface area contributed by atoms with Gasteiger partial charge in [-0.1, -0.05) is 30.3 Å². The van der Waals surface area contributed by atoms with E-state index in [1.54, 1.807) is 0 Å². The summed E-state index contributed by atoms with van der Waals surface area (Å²) in [7, 11) is 0. The second-order valence-electron chi connectivity index (χ2n) is 6.08. The van der Waals surface area contributed by atoms with E-state index in [1.807, 2.05) is 75.4 Å². The Balaban J connectivity index is 1.93. The molecule has 0 aromatic heterocycles. The summed E-state index contributed by atoms with van der Waals surface area (Å²) in [5.41, 5.74) is 2.03. The summed E-state index contributed by atoms with van der Waals surface area (Å²) in [6, 6.07) is 18.0. The highest BCUT2D eigenvalue weighted by molar-refractivity contribution is 8.10. The molecule has 3 rings (SSSR count). The van der Waals surface area contributed by atoms with Crippen LogP contribution in [-0.4, -0.2) is 18.8 Å². The average molecular weight is 377 g/mol. The van der Waals surface area contributed by atoms with Gasteiger partial charge < -0.3 is 19.1 Å². The highest BCUT2D eigenvalue weighted by Crippen LogP contribution is 2.66. The van der Waals surface area contributed by atoms with E-state index in [9.17, 15) is 0 Å². The molecule has 0 aliphatic carbocycles. The second-order valence-corrected chi connectivity index (χ2v) is 9.62. The maximum absolute atomic E-state index is 6.14. The molecule has 1 saturated heterocycles. The zero-order valence-corrected chi connectivity index (χ0v) is 16.4. The molecule has 4 atom stereocenters. The summed E-state index contributed by atoms with van der Waals surface area (Å²) >= 11 is 5.88. The van der Waals surface area contributed by atoms with E-state index >= 15 is 0 Å². The molecule has 1 aliphatic rings. The van der Waals surface area contributed by atoms with Gasteiger partial charge in [0.1, 0.15) is 11.5 Å². The van der Waals surface area contributed by atoms with Crippen LogP contribution in [0.25, 0.3) is 0 Å². The summed E-state index contributed by atoms with van der Waals surface area (Å²) in [5.74, 6) is 0.629. The first-order valence-electron chi connectivity index (χ1n) is 8.52. The molecule has 2 aromatic carbocycles. The lowest BCUT2D eigenvalue weighted by Crippen LogP contribution is -2.13. The lowest BCUT2D eigenvalue weighted by Gasteiger charge is -2.28. The molecular weight excluding hydrogens is 353 g/mol. The van der Waals surface area contributed by atoms with E-state index in [2.05, 4.69) is 5.32 Å². The number of ether oxygens (including phenoxy) is 1. The van der Waals surface area contributed by atoms with E-state index in [0.29, 0.717) is 6.61 Å². The van der Waals surface area contributed by atoms with Crippen molar-refractivity contribution in [3.8, 4) is 5.75 Å². The predicted octanol–water partition coefficient (Wildman–Crippen LogP) is 5.33. The summed E-state index contributed by atoms with van der Waals surface area (Å²) < 4.78 is 17.8. The van der Waals surface area contributed by atoms with Gasteiger partial charge in [-0.3, -0.25) is 0 Å². The first kappa shape index (κ1) is 18.4. The Hall–Kier alpha value is -1.39. The Morgan fingerprint density at radius 3 is 2.20 bits per heavy atom. The largest absolute Gasteiger partial charge is 0.494 e. The normalized spacial score (nSPS) is 27.0. The van der Waals surface area contributed by atoms with Crippen molar-refractivity contribution in [1.29, 1.82) is 0 Å². The van der Waals surface area contributed by atoms with Crippen LogP contribution in [0.4, 0.5) is 5.69 Å². The van der Waals surface area contributed by atoms with Crippen LogP contribution < -0.4 is 10.1 Å². The minimum absolute atomic E-state index is 0.00592. The van der Waals surface area contributed by atoms with Crippen LogP contribution in [-0.2, 0) is 20.9 Å². The molecule has 0 radical (unpaired) electrons. The molecule has 4 nitrogen and oxygen atoms in total. The topological polar surface area (TPSA) is 39.7 Å². The molecule has 1 aliphatic heterocycles. The lowest BCUT2D eigenvalue weighted by atomic mass is 10.2. The Bertz CT molecular complexity index is 724. The van der Waals surface area contributed by atoms with Gasteiger partial charge in [-0.15, -0.1) is 0 Å². The van der Waals surface area contributed by atoms with Crippen LogP contribution in [0, 0.1) is 0 Å². The van der Waals surface area contributed by atoms with Crippen LogP contribution >= 0.6 is 6.49 Å². The molecule has 0 bridgehead atoms. The van der Waals surface area contributed by atoms with Crippen molar-refractivity contribution in [2.75, 3.05) is 11.9 Å². The van der Waals surface area contributed by atoms with E-state index in [-0.39, 0.29) is 18.0 Å². The summed E-state index contributed by atoms with van der Waals surface area (Å²) in [4.78, 5) is 0. The minimum atomic E-state index is -2.53. The molecular formula is C19H24NO3PS. The molecule has 134 valence electrons. The van der Waals surface area contributed by atoms with Gasteiger partial charge in [-0.05, 0) is 62.4 Å². The first-order valence-corrected chi connectivity index (χ1v) is 11.2. The highest BCUT2D eigenvalue weighted by Gasteiger charge is 2.42. The van der Waals surface area contributed by atoms with Gasteiger partial charge in [0.15, 0.2) is 0 Å². The summed E-state index contributed by atoms with van der Waals surface area (Å²) in [5, 5.41) is 3.52. The maximum atomic E-state index is 6.14. The van der Waals surface area contributed by atoms with E-state index in [4.69, 9.17) is 25.6 Å². The number of nitrogens with one attached hydrogen (secondary N) is 1. The smallest absolute Gasteiger partial charge is 0.216 e. The van der Waals surface area contributed by atoms with Crippen molar-refractivity contribution < 1.29 is 13.8 Å². The molecule has 1 fully saturated rings. The molecule has 1 heterocycles. The van der Waals surface area contributed by atoms with Gasteiger partial charge in [0, 0.05) is 5.69 Å². The molecule has 0 spiro atoms. The second kappa shape index (κ2) is 7.88. The maximum Gasteiger partial charge on any atom is 0.216 e.